The number of nitrogens with zero attached hydrogens (tertiary/aromatic N) is 1. The van der Waals surface area contributed by atoms with Crippen molar-refractivity contribution in [2.75, 3.05) is 6.54 Å². The molecule has 1 rings (SSSR count). The van der Waals surface area contributed by atoms with Crippen LogP contribution in [0.25, 0.3) is 0 Å². The predicted molar refractivity (Wildman–Crippen MR) is 71.3 cm³/mol. The molecular weight excluding hydrogens is 230 g/mol. The summed E-state index contributed by atoms with van der Waals surface area (Å²) in [5.74, 6) is 1.30. The molecule has 0 heterocycles. The summed E-state index contributed by atoms with van der Waals surface area (Å²) in [6.07, 6.45) is 1.32. The zero-order chi connectivity index (χ0) is 13.9. The van der Waals surface area contributed by atoms with Gasteiger partial charge in [0.05, 0.1) is 0 Å². The Kier molecular flexibility index (Phi) is 4.59. The minimum atomic E-state index is -0.787. The van der Waals surface area contributed by atoms with E-state index in [1.165, 1.54) is 0 Å². The fraction of sp³-hybridized carbons (Fsp3) is 0.846. The van der Waals surface area contributed by atoms with Crippen LogP contribution in [0.5, 0.6) is 0 Å². The van der Waals surface area contributed by atoms with Crippen molar-refractivity contribution in [3.63, 3.8) is 0 Å². The Balaban J connectivity index is 2.63. The van der Waals surface area contributed by atoms with Crippen LogP contribution in [0.1, 0.15) is 40.5 Å². The Hall–Kier alpha value is -1.26. The van der Waals surface area contributed by atoms with Gasteiger partial charge in [-0.15, -0.1) is 0 Å². The van der Waals surface area contributed by atoms with Crippen molar-refractivity contribution in [1.29, 1.82) is 0 Å². The number of carbonyl (C=O) groups is 1. The highest BCUT2D eigenvalue weighted by Gasteiger charge is 2.52. The van der Waals surface area contributed by atoms with Crippen molar-refractivity contribution in [2.45, 2.75) is 40.5 Å². The third kappa shape index (κ3) is 2.76. The number of rotatable bonds is 5. The third-order valence-electron chi connectivity index (χ3n) is 4.15. The molecule has 0 aromatic carbocycles. The zero-order valence-corrected chi connectivity index (χ0v) is 11.7. The molecular formula is C13H25N3O2. The van der Waals surface area contributed by atoms with Crippen LogP contribution in [0.3, 0.4) is 0 Å². The summed E-state index contributed by atoms with van der Waals surface area (Å²) in [6.45, 7) is 9.05. The molecule has 0 bridgehead atoms. The lowest BCUT2D eigenvalue weighted by atomic mass is 9.61. The van der Waals surface area contributed by atoms with Crippen molar-refractivity contribution in [1.82, 2.24) is 5.32 Å². The minimum Gasteiger partial charge on any atom is -0.409 e. The monoisotopic (exact) mass is 255 g/mol. The zero-order valence-electron chi connectivity index (χ0n) is 11.7. The first-order chi connectivity index (χ1) is 8.33. The Bertz CT molecular complexity index is 333. The van der Waals surface area contributed by atoms with Gasteiger partial charge in [0, 0.05) is 6.54 Å². The van der Waals surface area contributed by atoms with E-state index >= 15 is 0 Å². The first-order valence-electron chi connectivity index (χ1n) is 6.59. The molecule has 0 aromatic heterocycles. The average Bonchev–Trinajstić information content (AvgIpc) is 2.29. The van der Waals surface area contributed by atoms with E-state index in [2.05, 4.69) is 38.2 Å². The van der Waals surface area contributed by atoms with Gasteiger partial charge < -0.3 is 16.3 Å². The van der Waals surface area contributed by atoms with E-state index in [9.17, 15) is 4.79 Å². The van der Waals surface area contributed by atoms with Gasteiger partial charge in [0.1, 0.15) is 5.41 Å². The number of nitrogens with one attached hydrogen (secondary N) is 1. The average molecular weight is 255 g/mol. The topological polar surface area (TPSA) is 87.7 Å². The molecule has 1 fully saturated rings. The highest BCUT2D eigenvalue weighted by Crippen LogP contribution is 2.45. The second kappa shape index (κ2) is 5.59. The molecule has 0 saturated heterocycles. The van der Waals surface area contributed by atoms with E-state index in [-0.39, 0.29) is 11.7 Å². The van der Waals surface area contributed by atoms with Gasteiger partial charge in [-0.3, -0.25) is 4.79 Å². The number of amidine groups is 1. The summed E-state index contributed by atoms with van der Waals surface area (Å²) >= 11 is 0. The molecule has 4 N–H and O–H groups in total. The Morgan fingerprint density at radius 3 is 2.44 bits per heavy atom. The van der Waals surface area contributed by atoms with E-state index < -0.39 is 5.41 Å². The second-order valence-electron chi connectivity index (χ2n) is 6.01. The number of nitrogens with two attached hydrogens (primary N) is 1. The first-order valence-corrected chi connectivity index (χ1v) is 6.59. The number of hydrogen-bond acceptors (Lipinski definition) is 3. The minimum absolute atomic E-state index is 0.0373. The molecule has 1 unspecified atom stereocenters. The SMILES string of the molecule is CC1CC(C(=O)NCC(C)C(C)C)(C(N)=NO)C1. The van der Waals surface area contributed by atoms with Gasteiger partial charge in [-0.25, -0.2) is 0 Å². The molecule has 5 nitrogen and oxygen atoms in total. The van der Waals surface area contributed by atoms with Crippen molar-refractivity contribution in [2.24, 2.45) is 34.1 Å². The molecule has 0 spiro atoms. The first kappa shape index (κ1) is 14.8. The number of carbonyl (C=O) groups excluding carboxylic acids is 1. The molecule has 18 heavy (non-hydrogen) atoms. The number of hydrogen-bond donors (Lipinski definition) is 3. The normalized spacial score (nSPS) is 29.8. The third-order valence-corrected chi connectivity index (χ3v) is 4.15. The molecule has 5 heteroatoms. The summed E-state index contributed by atoms with van der Waals surface area (Å²) in [6, 6.07) is 0. The summed E-state index contributed by atoms with van der Waals surface area (Å²) < 4.78 is 0. The Morgan fingerprint density at radius 2 is 2.06 bits per heavy atom. The highest BCUT2D eigenvalue weighted by atomic mass is 16.4. The van der Waals surface area contributed by atoms with Crippen LogP contribution in [0.4, 0.5) is 0 Å². The smallest absolute Gasteiger partial charge is 0.233 e. The molecule has 104 valence electrons. The summed E-state index contributed by atoms with van der Waals surface area (Å²) in [5.41, 5.74) is 4.89. The van der Waals surface area contributed by atoms with E-state index in [4.69, 9.17) is 10.9 Å². The van der Waals surface area contributed by atoms with Crippen LogP contribution in [0.2, 0.25) is 0 Å². The van der Waals surface area contributed by atoms with Gasteiger partial charge in [0.25, 0.3) is 0 Å². The lowest BCUT2D eigenvalue weighted by Gasteiger charge is -2.43. The van der Waals surface area contributed by atoms with Crippen molar-refractivity contribution >= 4 is 11.7 Å². The Morgan fingerprint density at radius 1 is 1.50 bits per heavy atom. The summed E-state index contributed by atoms with van der Waals surface area (Å²) in [4.78, 5) is 12.2. The van der Waals surface area contributed by atoms with Crippen molar-refractivity contribution < 1.29 is 10.0 Å². The number of amides is 1. The lowest BCUT2D eigenvalue weighted by Crippen LogP contribution is -2.57. The summed E-state index contributed by atoms with van der Waals surface area (Å²) in [7, 11) is 0. The number of oxime groups is 1. The molecule has 1 saturated carbocycles. The van der Waals surface area contributed by atoms with Crippen molar-refractivity contribution in [3.05, 3.63) is 0 Å². The lowest BCUT2D eigenvalue weighted by molar-refractivity contribution is -0.133. The van der Waals surface area contributed by atoms with Crippen LogP contribution in [-0.2, 0) is 4.79 Å². The Labute approximate surface area is 109 Å². The van der Waals surface area contributed by atoms with Gasteiger partial charge in [-0.2, -0.15) is 0 Å². The largest absolute Gasteiger partial charge is 0.409 e. The van der Waals surface area contributed by atoms with Gasteiger partial charge >= 0.3 is 0 Å². The quantitative estimate of drug-likeness (QED) is 0.301. The van der Waals surface area contributed by atoms with Crippen LogP contribution in [-0.4, -0.2) is 23.5 Å². The molecule has 1 aliphatic carbocycles. The van der Waals surface area contributed by atoms with Crippen LogP contribution < -0.4 is 11.1 Å². The van der Waals surface area contributed by atoms with Crippen LogP contribution >= 0.6 is 0 Å². The fourth-order valence-electron chi connectivity index (χ4n) is 2.40. The van der Waals surface area contributed by atoms with E-state index in [0.717, 1.165) is 0 Å². The molecule has 0 radical (unpaired) electrons. The summed E-state index contributed by atoms with van der Waals surface area (Å²) in [5, 5.41) is 14.8. The van der Waals surface area contributed by atoms with Crippen LogP contribution in [0, 0.1) is 23.2 Å². The van der Waals surface area contributed by atoms with E-state index in [0.29, 0.717) is 37.1 Å². The van der Waals surface area contributed by atoms with Gasteiger partial charge in [0.2, 0.25) is 5.91 Å². The maximum absolute atomic E-state index is 12.2. The second-order valence-corrected chi connectivity index (χ2v) is 6.01. The fourth-order valence-corrected chi connectivity index (χ4v) is 2.40. The van der Waals surface area contributed by atoms with Gasteiger partial charge in [0.15, 0.2) is 5.84 Å². The molecule has 1 aliphatic rings. The maximum atomic E-state index is 12.2. The maximum Gasteiger partial charge on any atom is 0.233 e. The molecule has 1 atom stereocenters. The molecule has 0 aliphatic heterocycles. The van der Waals surface area contributed by atoms with Crippen molar-refractivity contribution in [3.8, 4) is 0 Å². The molecule has 1 amide bonds. The highest BCUT2D eigenvalue weighted by molar-refractivity contribution is 6.07. The molecule has 0 aromatic rings. The van der Waals surface area contributed by atoms with E-state index in [1.54, 1.807) is 0 Å². The standard InChI is InChI=1S/C13H25N3O2/c1-8(2)10(4)7-15-12(17)13(11(14)16-18)5-9(3)6-13/h8-10,18H,5-7H2,1-4H3,(H2,14,16)(H,15,17). The predicted octanol–water partition coefficient (Wildman–Crippen LogP) is 1.56. The van der Waals surface area contributed by atoms with Gasteiger partial charge in [-0.1, -0.05) is 32.9 Å². The van der Waals surface area contributed by atoms with Gasteiger partial charge in [-0.05, 0) is 30.6 Å². The van der Waals surface area contributed by atoms with Crippen LogP contribution in [0.15, 0.2) is 5.16 Å². The van der Waals surface area contributed by atoms with E-state index in [1.807, 2.05) is 0 Å².